The van der Waals surface area contributed by atoms with Crippen LogP contribution in [0.5, 0.6) is 0 Å². The molecule has 0 aromatic carbocycles. The number of rotatable bonds is 4. The maximum atomic E-state index is 11.0. The zero-order chi connectivity index (χ0) is 10.3. The molecule has 0 aliphatic carbocycles. The summed E-state index contributed by atoms with van der Waals surface area (Å²) < 4.78 is 5.12. The van der Waals surface area contributed by atoms with Crippen LogP contribution in [0.3, 0.4) is 0 Å². The van der Waals surface area contributed by atoms with Crippen LogP contribution in [0.2, 0.25) is 0 Å². The van der Waals surface area contributed by atoms with Crippen LogP contribution in [0.15, 0.2) is 12.2 Å². The highest BCUT2D eigenvalue weighted by Gasteiger charge is 2.01. The maximum absolute atomic E-state index is 11.0. The first-order chi connectivity index (χ1) is 6.07. The fraction of sp³-hybridized carbons (Fsp3) is 0.556. The van der Waals surface area contributed by atoms with Crippen molar-refractivity contribution in [3.05, 3.63) is 12.2 Å². The van der Waals surface area contributed by atoms with E-state index < -0.39 is 0 Å². The van der Waals surface area contributed by atoms with Gasteiger partial charge in [-0.15, -0.1) is 0 Å². The van der Waals surface area contributed by atoms with Crippen molar-refractivity contribution in [2.75, 3.05) is 20.7 Å². The van der Waals surface area contributed by atoms with E-state index in [4.69, 9.17) is 17.0 Å². The number of carbonyl (C=O) groups excluding carboxylic acids is 1. The minimum atomic E-state index is 0.0593. The van der Waals surface area contributed by atoms with Gasteiger partial charge in [0, 0.05) is 20.5 Å². The van der Waals surface area contributed by atoms with E-state index in [2.05, 4.69) is 0 Å². The van der Waals surface area contributed by atoms with E-state index in [-0.39, 0.29) is 5.78 Å². The molecule has 0 aromatic heterocycles. The van der Waals surface area contributed by atoms with Crippen molar-refractivity contribution >= 4 is 23.2 Å². The molecule has 0 atom stereocenters. The molecule has 74 valence electrons. The van der Waals surface area contributed by atoms with Gasteiger partial charge in [0.1, 0.15) is 0 Å². The second-order valence-electron chi connectivity index (χ2n) is 2.73. The molecular formula is C9H15NO2S. The summed E-state index contributed by atoms with van der Waals surface area (Å²) in [6.07, 6.45) is 3.62. The number of allylic oxidation sites excluding steroid dienone is 2. The molecule has 0 heterocycles. The van der Waals surface area contributed by atoms with Gasteiger partial charge in [-0.3, -0.25) is 4.79 Å². The number of thiocarbonyl (C=S) groups is 1. The average molecular weight is 201 g/mol. The normalized spacial score (nSPS) is 10.1. The Morgan fingerprint density at radius 3 is 2.62 bits per heavy atom. The molecule has 0 aliphatic rings. The number of hydrogen-bond acceptors (Lipinski definition) is 3. The van der Waals surface area contributed by atoms with Crippen LogP contribution in [0.25, 0.3) is 0 Å². The van der Waals surface area contributed by atoms with Crippen molar-refractivity contribution in [1.82, 2.24) is 4.90 Å². The Kier molecular flexibility index (Phi) is 6.14. The van der Waals surface area contributed by atoms with Crippen molar-refractivity contribution in [3.8, 4) is 0 Å². The largest absolute Gasteiger partial charge is 0.470 e. The van der Waals surface area contributed by atoms with Crippen LogP contribution >= 0.6 is 12.2 Å². The maximum Gasteiger partial charge on any atom is 0.258 e. The summed E-state index contributed by atoms with van der Waals surface area (Å²) >= 11 is 4.87. The first-order valence-corrected chi connectivity index (χ1v) is 4.48. The predicted molar refractivity (Wildman–Crippen MR) is 56.7 cm³/mol. The Bertz CT molecular complexity index is 212. The summed E-state index contributed by atoms with van der Waals surface area (Å²) in [4.78, 5) is 12.7. The molecule has 0 N–H and O–H groups in total. The lowest BCUT2D eigenvalue weighted by molar-refractivity contribution is -0.115. The van der Waals surface area contributed by atoms with Gasteiger partial charge >= 0.3 is 0 Å². The van der Waals surface area contributed by atoms with E-state index in [1.54, 1.807) is 25.1 Å². The number of nitrogens with zero attached hydrogens (tertiary/aromatic N) is 1. The van der Waals surface area contributed by atoms with Gasteiger partial charge in [0.15, 0.2) is 5.78 Å². The lowest BCUT2D eigenvalue weighted by atomic mass is 10.3. The van der Waals surface area contributed by atoms with Crippen LogP contribution in [0, 0.1) is 0 Å². The van der Waals surface area contributed by atoms with E-state index in [1.165, 1.54) is 6.08 Å². The van der Waals surface area contributed by atoms with Crippen molar-refractivity contribution in [2.45, 2.75) is 13.3 Å². The lowest BCUT2D eigenvalue weighted by Crippen LogP contribution is -2.23. The second-order valence-corrected chi connectivity index (χ2v) is 3.07. The fourth-order valence-corrected chi connectivity index (χ4v) is 0.721. The molecule has 0 unspecified atom stereocenters. The van der Waals surface area contributed by atoms with E-state index in [9.17, 15) is 4.79 Å². The molecule has 0 radical (unpaired) electrons. The number of ketones is 1. The van der Waals surface area contributed by atoms with E-state index in [0.29, 0.717) is 18.2 Å². The van der Waals surface area contributed by atoms with Crippen LogP contribution in [0.4, 0.5) is 0 Å². The molecule has 13 heavy (non-hydrogen) atoms. The average Bonchev–Trinajstić information content (AvgIpc) is 2.04. The Morgan fingerprint density at radius 1 is 1.54 bits per heavy atom. The first-order valence-electron chi connectivity index (χ1n) is 4.07. The van der Waals surface area contributed by atoms with Gasteiger partial charge < -0.3 is 9.64 Å². The highest BCUT2D eigenvalue weighted by atomic mass is 32.1. The van der Waals surface area contributed by atoms with Crippen molar-refractivity contribution in [2.24, 2.45) is 0 Å². The minimum absolute atomic E-state index is 0.0593. The van der Waals surface area contributed by atoms with Gasteiger partial charge in [-0.05, 0) is 25.2 Å². The van der Waals surface area contributed by atoms with Crippen LogP contribution < -0.4 is 0 Å². The monoisotopic (exact) mass is 201 g/mol. The van der Waals surface area contributed by atoms with E-state index >= 15 is 0 Å². The molecule has 3 nitrogen and oxygen atoms in total. The molecule has 0 amide bonds. The van der Waals surface area contributed by atoms with Gasteiger partial charge in [0.2, 0.25) is 0 Å². The number of hydrogen-bond donors (Lipinski definition) is 0. The molecule has 4 heteroatoms. The Morgan fingerprint density at radius 2 is 2.15 bits per heavy atom. The van der Waals surface area contributed by atoms with Gasteiger partial charge in [-0.2, -0.15) is 0 Å². The fourth-order valence-electron chi connectivity index (χ4n) is 0.637. The topological polar surface area (TPSA) is 29.5 Å². The smallest absolute Gasteiger partial charge is 0.258 e. The molecule has 0 saturated carbocycles. The third-order valence-electron chi connectivity index (χ3n) is 1.29. The molecule has 0 aliphatic heterocycles. The van der Waals surface area contributed by atoms with E-state index in [1.807, 2.05) is 6.92 Å². The standard InChI is InChI=1S/C9H15NO2S/c1-4-5-8(11)6-7-12-9(13)10(2)3/h4-5H,6-7H2,1-3H3. The van der Waals surface area contributed by atoms with Crippen LogP contribution in [0.1, 0.15) is 13.3 Å². The summed E-state index contributed by atoms with van der Waals surface area (Å²) in [6.45, 7) is 2.16. The first kappa shape index (κ1) is 12.1. The Balaban J connectivity index is 3.56. The molecule has 0 bridgehead atoms. The summed E-state index contributed by atoms with van der Waals surface area (Å²) in [5.74, 6) is 0.0593. The summed E-state index contributed by atoms with van der Waals surface area (Å²) in [6, 6.07) is 0. The number of carbonyl (C=O) groups is 1. The third-order valence-corrected chi connectivity index (χ3v) is 1.77. The van der Waals surface area contributed by atoms with Crippen LogP contribution in [-0.2, 0) is 9.53 Å². The molecule has 0 rings (SSSR count). The SMILES string of the molecule is CC=CC(=O)CCOC(=S)N(C)C. The van der Waals surface area contributed by atoms with Crippen molar-refractivity contribution in [1.29, 1.82) is 0 Å². The van der Waals surface area contributed by atoms with E-state index in [0.717, 1.165) is 0 Å². The summed E-state index contributed by atoms with van der Waals surface area (Å²) in [7, 11) is 3.60. The highest BCUT2D eigenvalue weighted by Crippen LogP contribution is 1.91. The minimum Gasteiger partial charge on any atom is -0.470 e. The zero-order valence-electron chi connectivity index (χ0n) is 8.24. The lowest BCUT2D eigenvalue weighted by Gasteiger charge is -2.13. The second kappa shape index (κ2) is 6.60. The third kappa shape index (κ3) is 6.28. The van der Waals surface area contributed by atoms with Gasteiger partial charge in [0.05, 0.1) is 6.61 Å². The molecule has 0 aromatic rings. The molecule has 0 spiro atoms. The summed E-state index contributed by atoms with van der Waals surface area (Å²) in [5, 5.41) is 0.410. The Hall–Kier alpha value is -0.900. The predicted octanol–water partition coefficient (Wildman–Crippen LogP) is 1.38. The highest BCUT2D eigenvalue weighted by molar-refractivity contribution is 7.80. The molecular weight excluding hydrogens is 186 g/mol. The van der Waals surface area contributed by atoms with Gasteiger partial charge in [0.25, 0.3) is 5.17 Å². The Labute approximate surface area is 84.4 Å². The molecule has 0 saturated heterocycles. The summed E-state index contributed by atoms with van der Waals surface area (Å²) in [5.41, 5.74) is 0. The van der Waals surface area contributed by atoms with Crippen molar-refractivity contribution in [3.63, 3.8) is 0 Å². The zero-order valence-corrected chi connectivity index (χ0v) is 9.06. The van der Waals surface area contributed by atoms with Crippen molar-refractivity contribution < 1.29 is 9.53 Å². The van der Waals surface area contributed by atoms with Gasteiger partial charge in [-0.1, -0.05) is 6.08 Å². The van der Waals surface area contributed by atoms with Crippen LogP contribution in [-0.4, -0.2) is 36.6 Å². The number of ether oxygens (including phenoxy) is 1. The van der Waals surface area contributed by atoms with Gasteiger partial charge in [-0.25, -0.2) is 0 Å². The quantitative estimate of drug-likeness (QED) is 0.508. The molecule has 0 fully saturated rings.